The molecule has 0 aromatic heterocycles. The second-order valence-corrected chi connectivity index (χ2v) is 9.82. The summed E-state index contributed by atoms with van der Waals surface area (Å²) in [7, 11) is -1.52. The Balaban J connectivity index is 2.08. The monoisotopic (exact) mass is 248 g/mol. The van der Waals surface area contributed by atoms with Crippen LogP contribution >= 0.6 is 0 Å². The van der Waals surface area contributed by atoms with Gasteiger partial charge in [0.2, 0.25) is 0 Å². The highest BCUT2D eigenvalue weighted by Crippen LogP contribution is 2.41. The van der Waals surface area contributed by atoms with Gasteiger partial charge < -0.3 is 4.43 Å². The Morgan fingerprint density at radius 2 is 1.94 bits per heavy atom. The van der Waals surface area contributed by atoms with E-state index in [1.807, 2.05) is 0 Å². The van der Waals surface area contributed by atoms with Gasteiger partial charge in [0.25, 0.3) is 0 Å². The molecule has 1 aromatic carbocycles. The van der Waals surface area contributed by atoms with Crippen LogP contribution in [-0.4, -0.2) is 14.4 Å². The molecule has 1 heterocycles. The summed E-state index contributed by atoms with van der Waals surface area (Å²) in [5.41, 5.74) is 2.17. The number of unbranched alkanes of at least 4 members (excludes halogenated alkanes) is 1. The van der Waals surface area contributed by atoms with E-state index in [4.69, 9.17) is 4.43 Å². The predicted octanol–water partition coefficient (Wildman–Crippen LogP) is 4.49. The summed E-state index contributed by atoms with van der Waals surface area (Å²) in [6, 6.07) is 10.9. The smallest absolute Gasteiger partial charge is 0.194 e. The molecule has 1 aromatic rings. The van der Waals surface area contributed by atoms with Gasteiger partial charge in [-0.1, -0.05) is 50.1 Å². The van der Waals surface area contributed by atoms with E-state index in [0.717, 1.165) is 0 Å². The largest absolute Gasteiger partial charge is 0.414 e. The van der Waals surface area contributed by atoms with Crippen molar-refractivity contribution in [2.45, 2.75) is 57.3 Å². The van der Waals surface area contributed by atoms with E-state index in [-0.39, 0.29) is 0 Å². The Kier molecular flexibility index (Phi) is 4.05. The van der Waals surface area contributed by atoms with Crippen LogP contribution in [0.15, 0.2) is 30.3 Å². The average Bonchev–Trinajstić information content (AvgIpc) is 2.63. The summed E-state index contributed by atoms with van der Waals surface area (Å²) in [6.45, 7) is 7.00. The standard InChI is InChI=1S/C15H24OSi/c1-4-5-11-14-12-15(17(2,3)16-14)13-9-7-6-8-10-13/h6-10,14-15H,4-5,11-12H2,1-3H3/t14-,15?/m1/s1. The summed E-state index contributed by atoms with van der Waals surface area (Å²) in [5.74, 6) is 0. The molecule has 0 bridgehead atoms. The molecule has 2 rings (SSSR count). The van der Waals surface area contributed by atoms with E-state index in [1.165, 1.54) is 31.2 Å². The molecule has 2 atom stereocenters. The molecule has 1 nitrogen and oxygen atoms in total. The van der Waals surface area contributed by atoms with Crippen molar-refractivity contribution >= 4 is 8.32 Å². The molecular weight excluding hydrogens is 224 g/mol. The van der Waals surface area contributed by atoms with Crippen molar-refractivity contribution in [1.29, 1.82) is 0 Å². The van der Waals surface area contributed by atoms with Crippen LogP contribution < -0.4 is 0 Å². The Morgan fingerprint density at radius 1 is 1.24 bits per heavy atom. The first-order valence-electron chi connectivity index (χ1n) is 6.86. The minimum atomic E-state index is -1.52. The minimum Gasteiger partial charge on any atom is -0.414 e. The van der Waals surface area contributed by atoms with E-state index in [9.17, 15) is 0 Å². The zero-order valence-corrected chi connectivity index (χ0v) is 12.3. The summed E-state index contributed by atoms with van der Waals surface area (Å²) in [5, 5.41) is 0. The second kappa shape index (κ2) is 5.36. The highest BCUT2D eigenvalue weighted by Gasteiger charge is 2.44. The highest BCUT2D eigenvalue weighted by molar-refractivity contribution is 6.73. The molecule has 0 N–H and O–H groups in total. The Labute approximate surface area is 106 Å². The average molecular weight is 248 g/mol. The van der Waals surface area contributed by atoms with Crippen LogP contribution in [0.1, 0.15) is 43.7 Å². The van der Waals surface area contributed by atoms with Crippen LogP contribution in [0, 0.1) is 0 Å². The first-order valence-corrected chi connectivity index (χ1v) is 9.85. The van der Waals surface area contributed by atoms with Gasteiger partial charge in [0.05, 0.1) is 0 Å². The topological polar surface area (TPSA) is 9.23 Å². The molecule has 1 aliphatic heterocycles. The maximum atomic E-state index is 6.36. The fourth-order valence-corrected chi connectivity index (χ4v) is 6.00. The molecule has 0 amide bonds. The maximum absolute atomic E-state index is 6.36. The summed E-state index contributed by atoms with van der Waals surface area (Å²) in [4.78, 5) is 0. The first kappa shape index (κ1) is 12.8. The van der Waals surface area contributed by atoms with E-state index in [0.29, 0.717) is 11.6 Å². The second-order valence-electron chi connectivity index (χ2n) is 5.68. The molecule has 0 spiro atoms. The van der Waals surface area contributed by atoms with Crippen LogP contribution in [0.3, 0.4) is 0 Å². The van der Waals surface area contributed by atoms with Gasteiger partial charge in [-0.25, -0.2) is 0 Å². The molecule has 17 heavy (non-hydrogen) atoms. The van der Waals surface area contributed by atoms with Gasteiger partial charge in [-0.3, -0.25) is 0 Å². The van der Waals surface area contributed by atoms with Gasteiger partial charge in [0, 0.05) is 11.6 Å². The van der Waals surface area contributed by atoms with E-state index >= 15 is 0 Å². The molecule has 1 fully saturated rings. The van der Waals surface area contributed by atoms with Crippen LogP contribution in [0.4, 0.5) is 0 Å². The minimum absolute atomic E-state index is 0.516. The first-order chi connectivity index (χ1) is 8.13. The third kappa shape index (κ3) is 2.99. The van der Waals surface area contributed by atoms with Crippen molar-refractivity contribution in [3.8, 4) is 0 Å². The molecule has 1 saturated heterocycles. The van der Waals surface area contributed by atoms with E-state index in [2.05, 4.69) is 50.3 Å². The lowest BCUT2D eigenvalue weighted by Crippen LogP contribution is -2.32. The molecule has 0 radical (unpaired) electrons. The molecule has 1 aliphatic rings. The molecule has 0 aliphatic carbocycles. The Hall–Kier alpha value is -0.603. The van der Waals surface area contributed by atoms with Gasteiger partial charge in [0.15, 0.2) is 8.32 Å². The van der Waals surface area contributed by atoms with Crippen LogP contribution in [0.2, 0.25) is 13.1 Å². The van der Waals surface area contributed by atoms with Crippen LogP contribution in [0.5, 0.6) is 0 Å². The lowest BCUT2D eigenvalue weighted by Gasteiger charge is -2.23. The molecule has 0 saturated carbocycles. The van der Waals surface area contributed by atoms with Crippen molar-refractivity contribution in [3.05, 3.63) is 35.9 Å². The summed E-state index contributed by atoms with van der Waals surface area (Å²) >= 11 is 0. The third-order valence-corrected chi connectivity index (χ3v) is 7.08. The maximum Gasteiger partial charge on any atom is 0.194 e. The molecular formula is C15H24OSi. The highest BCUT2D eigenvalue weighted by atomic mass is 28.4. The van der Waals surface area contributed by atoms with Crippen molar-refractivity contribution in [3.63, 3.8) is 0 Å². The number of benzene rings is 1. The summed E-state index contributed by atoms with van der Waals surface area (Å²) < 4.78 is 6.36. The van der Waals surface area contributed by atoms with Crippen molar-refractivity contribution in [2.75, 3.05) is 0 Å². The molecule has 94 valence electrons. The SMILES string of the molecule is CCCC[C@@H]1CC(c2ccccc2)[Si](C)(C)O1. The quantitative estimate of drug-likeness (QED) is 0.713. The van der Waals surface area contributed by atoms with E-state index in [1.54, 1.807) is 0 Å². The lowest BCUT2D eigenvalue weighted by atomic mass is 10.0. The number of hydrogen-bond acceptors (Lipinski definition) is 1. The normalized spacial score (nSPS) is 27.2. The summed E-state index contributed by atoms with van der Waals surface area (Å²) in [6.07, 6.45) is 5.58. The zero-order chi connectivity index (χ0) is 12.3. The van der Waals surface area contributed by atoms with Gasteiger partial charge in [-0.05, 0) is 31.5 Å². The van der Waals surface area contributed by atoms with Crippen LogP contribution in [0.25, 0.3) is 0 Å². The predicted molar refractivity (Wildman–Crippen MR) is 75.7 cm³/mol. The lowest BCUT2D eigenvalue weighted by molar-refractivity contribution is 0.208. The zero-order valence-electron chi connectivity index (χ0n) is 11.3. The van der Waals surface area contributed by atoms with Gasteiger partial charge in [0.1, 0.15) is 0 Å². The Bertz CT molecular complexity index is 347. The Morgan fingerprint density at radius 3 is 2.59 bits per heavy atom. The third-order valence-electron chi connectivity index (χ3n) is 3.89. The van der Waals surface area contributed by atoms with Gasteiger partial charge in [-0.15, -0.1) is 0 Å². The van der Waals surface area contributed by atoms with Crippen molar-refractivity contribution < 1.29 is 4.43 Å². The van der Waals surface area contributed by atoms with Gasteiger partial charge in [-0.2, -0.15) is 0 Å². The fraction of sp³-hybridized carbons (Fsp3) is 0.600. The molecule has 1 unspecified atom stereocenters. The fourth-order valence-electron chi connectivity index (χ4n) is 2.94. The van der Waals surface area contributed by atoms with Crippen LogP contribution in [-0.2, 0) is 4.43 Å². The molecule has 2 heteroatoms. The number of hydrogen-bond donors (Lipinski definition) is 0. The number of rotatable bonds is 4. The van der Waals surface area contributed by atoms with Crippen molar-refractivity contribution in [1.82, 2.24) is 0 Å². The van der Waals surface area contributed by atoms with Crippen molar-refractivity contribution in [2.24, 2.45) is 0 Å². The van der Waals surface area contributed by atoms with Gasteiger partial charge >= 0.3 is 0 Å². The van der Waals surface area contributed by atoms with E-state index < -0.39 is 8.32 Å².